The van der Waals surface area contributed by atoms with Gasteiger partial charge in [-0.1, -0.05) is 42.8 Å². The third kappa shape index (κ3) is 8.93. The maximum Gasteiger partial charge on any atom is 0.224 e. The van der Waals surface area contributed by atoms with Gasteiger partial charge >= 0.3 is 0 Å². The Labute approximate surface area is 189 Å². The summed E-state index contributed by atoms with van der Waals surface area (Å²) in [5, 5.41) is 10.2. The SMILES string of the molecule is CCCC(=O)Nc1ccc(CNC(=NC)NCCc2cccc(Cl)c2)cc1.I. The Morgan fingerprint density at radius 3 is 2.46 bits per heavy atom. The van der Waals surface area contributed by atoms with Crippen molar-refractivity contribution in [2.75, 3.05) is 18.9 Å². The van der Waals surface area contributed by atoms with E-state index in [0.717, 1.165) is 41.6 Å². The molecule has 2 aromatic carbocycles. The van der Waals surface area contributed by atoms with Crippen molar-refractivity contribution in [1.82, 2.24) is 10.6 Å². The molecule has 0 spiro atoms. The van der Waals surface area contributed by atoms with Crippen molar-refractivity contribution < 1.29 is 4.79 Å². The first kappa shape index (κ1) is 24.2. The number of guanidine groups is 1. The maximum absolute atomic E-state index is 11.6. The third-order valence-corrected chi connectivity index (χ3v) is 4.23. The van der Waals surface area contributed by atoms with Gasteiger partial charge in [-0.05, 0) is 48.2 Å². The number of amides is 1. The molecule has 0 atom stereocenters. The average molecular weight is 515 g/mol. The Hall–Kier alpha value is -1.80. The van der Waals surface area contributed by atoms with Crippen LogP contribution in [0, 0.1) is 0 Å². The highest BCUT2D eigenvalue weighted by Crippen LogP contribution is 2.11. The Morgan fingerprint density at radius 2 is 1.82 bits per heavy atom. The summed E-state index contributed by atoms with van der Waals surface area (Å²) in [6.07, 6.45) is 2.26. The molecule has 2 rings (SSSR count). The summed E-state index contributed by atoms with van der Waals surface area (Å²) in [6, 6.07) is 15.7. The van der Waals surface area contributed by atoms with Gasteiger partial charge in [0.15, 0.2) is 5.96 Å². The second-order valence-electron chi connectivity index (χ2n) is 6.23. The molecule has 5 nitrogen and oxygen atoms in total. The number of rotatable bonds is 8. The van der Waals surface area contributed by atoms with E-state index in [9.17, 15) is 4.79 Å². The zero-order valence-corrected chi connectivity index (χ0v) is 19.4. The van der Waals surface area contributed by atoms with Gasteiger partial charge in [0.05, 0.1) is 0 Å². The second kappa shape index (κ2) is 13.4. The van der Waals surface area contributed by atoms with E-state index in [1.165, 1.54) is 5.56 Å². The van der Waals surface area contributed by atoms with Crippen LogP contribution in [0.3, 0.4) is 0 Å². The van der Waals surface area contributed by atoms with Crippen molar-refractivity contribution in [3.8, 4) is 0 Å². The summed E-state index contributed by atoms with van der Waals surface area (Å²) in [7, 11) is 1.75. The average Bonchev–Trinajstić information content (AvgIpc) is 2.66. The predicted octanol–water partition coefficient (Wildman–Crippen LogP) is 4.60. The largest absolute Gasteiger partial charge is 0.356 e. The number of nitrogens with one attached hydrogen (secondary N) is 3. The van der Waals surface area contributed by atoms with E-state index < -0.39 is 0 Å². The lowest BCUT2D eigenvalue weighted by molar-refractivity contribution is -0.116. The highest BCUT2D eigenvalue weighted by atomic mass is 127. The summed E-state index contributed by atoms with van der Waals surface area (Å²) < 4.78 is 0. The number of carbonyl (C=O) groups excluding carboxylic acids is 1. The number of halogens is 2. The van der Waals surface area contributed by atoms with Crippen molar-refractivity contribution in [1.29, 1.82) is 0 Å². The van der Waals surface area contributed by atoms with E-state index in [1.807, 2.05) is 49.4 Å². The first-order chi connectivity index (χ1) is 13.1. The zero-order chi connectivity index (χ0) is 19.5. The van der Waals surface area contributed by atoms with E-state index in [2.05, 4.69) is 27.0 Å². The van der Waals surface area contributed by atoms with E-state index in [-0.39, 0.29) is 29.9 Å². The number of anilines is 1. The van der Waals surface area contributed by atoms with Crippen molar-refractivity contribution in [3.63, 3.8) is 0 Å². The van der Waals surface area contributed by atoms with Crippen LogP contribution in [0.15, 0.2) is 53.5 Å². The molecular weight excluding hydrogens is 487 g/mol. The fourth-order valence-corrected chi connectivity index (χ4v) is 2.79. The summed E-state index contributed by atoms with van der Waals surface area (Å²) in [5.41, 5.74) is 3.12. The number of benzene rings is 2. The van der Waals surface area contributed by atoms with Crippen LogP contribution in [-0.2, 0) is 17.8 Å². The molecule has 0 radical (unpaired) electrons. The lowest BCUT2D eigenvalue weighted by Gasteiger charge is -2.12. The third-order valence-electron chi connectivity index (χ3n) is 3.99. The minimum Gasteiger partial charge on any atom is -0.356 e. The van der Waals surface area contributed by atoms with Gasteiger partial charge in [0.2, 0.25) is 5.91 Å². The molecule has 2 aromatic rings. The summed E-state index contributed by atoms with van der Waals surface area (Å²) >= 11 is 6.01. The lowest BCUT2D eigenvalue weighted by atomic mass is 10.1. The highest BCUT2D eigenvalue weighted by Gasteiger charge is 2.02. The Balaban J connectivity index is 0.00000392. The topological polar surface area (TPSA) is 65.5 Å². The molecule has 0 unspecified atom stereocenters. The molecule has 0 bridgehead atoms. The number of hydrogen-bond donors (Lipinski definition) is 3. The fraction of sp³-hybridized carbons (Fsp3) is 0.333. The van der Waals surface area contributed by atoms with Crippen LogP contribution >= 0.6 is 35.6 Å². The van der Waals surface area contributed by atoms with E-state index >= 15 is 0 Å². The monoisotopic (exact) mass is 514 g/mol. The number of hydrogen-bond acceptors (Lipinski definition) is 2. The highest BCUT2D eigenvalue weighted by molar-refractivity contribution is 14.0. The van der Waals surface area contributed by atoms with E-state index in [0.29, 0.717) is 13.0 Å². The maximum atomic E-state index is 11.6. The molecule has 3 N–H and O–H groups in total. The van der Waals surface area contributed by atoms with Crippen LogP contribution in [0.4, 0.5) is 5.69 Å². The molecule has 28 heavy (non-hydrogen) atoms. The van der Waals surface area contributed by atoms with Gasteiger partial charge in [-0.25, -0.2) is 0 Å². The normalized spacial score (nSPS) is 10.8. The van der Waals surface area contributed by atoms with E-state index in [1.54, 1.807) is 7.05 Å². The zero-order valence-electron chi connectivity index (χ0n) is 16.3. The molecule has 0 heterocycles. The van der Waals surface area contributed by atoms with E-state index in [4.69, 9.17) is 11.6 Å². The molecule has 0 saturated heterocycles. The number of nitrogens with zero attached hydrogens (tertiary/aromatic N) is 1. The first-order valence-corrected chi connectivity index (χ1v) is 9.56. The van der Waals surface area contributed by atoms with Gasteiger partial charge < -0.3 is 16.0 Å². The van der Waals surface area contributed by atoms with Gasteiger partial charge in [0, 0.05) is 37.3 Å². The lowest BCUT2D eigenvalue weighted by Crippen LogP contribution is -2.37. The predicted molar refractivity (Wildman–Crippen MR) is 129 cm³/mol. The fourth-order valence-electron chi connectivity index (χ4n) is 2.58. The summed E-state index contributed by atoms with van der Waals surface area (Å²) in [4.78, 5) is 15.9. The second-order valence-corrected chi connectivity index (χ2v) is 6.66. The van der Waals surface area contributed by atoms with Crippen LogP contribution < -0.4 is 16.0 Å². The molecule has 0 aliphatic heterocycles. The molecule has 0 aromatic heterocycles. The van der Waals surface area contributed by atoms with Crippen LogP contribution in [0.25, 0.3) is 0 Å². The summed E-state index contributed by atoms with van der Waals surface area (Å²) in [5.74, 6) is 0.796. The Kier molecular flexibility index (Phi) is 11.6. The summed E-state index contributed by atoms with van der Waals surface area (Å²) in [6.45, 7) is 3.41. The molecule has 0 aliphatic rings. The first-order valence-electron chi connectivity index (χ1n) is 9.18. The molecule has 0 fully saturated rings. The number of carbonyl (C=O) groups is 1. The Bertz CT molecular complexity index is 765. The molecule has 0 aliphatic carbocycles. The molecule has 7 heteroatoms. The molecule has 1 amide bonds. The van der Waals surface area contributed by atoms with Crippen molar-refractivity contribution >= 4 is 53.1 Å². The van der Waals surface area contributed by atoms with Gasteiger partial charge in [-0.15, -0.1) is 24.0 Å². The van der Waals surface area contributed by atoms with Crippen LogP contribution in [0.5, 0.6) is 0 Å². The van der Waals surface area contributed by atoms with Crippen LogP contribution in [-0.4, -0.2) is 25.5 Å². The smallest absolute Gasteiger partial charge is 0.224 e. The minimum atomic E-state index is 0. The van der Waals surface area contributed by atoms with Crippen molar-refractivity contribution in [3.05, 3.63) is 64.7 Å². The van der Waals surface area contributed by atoms with Gasteiger partial charge in [-0.2, -0.15) is 0 Å². The molecular formula is C21H28ClIN4O. The molecule has 0 saturated carbocycles. The standard InChI is InChI=1S/C21H27ClN4O.HI/c1-3-5-20(27)26-19-10-8-17(9-11-19)15-25-21(23-2)24-13-12-16-6-4-7-18(22)14-16;/h4,6-11,14H,3,5,12-13,15H2,1-2H3,(H,26,27)(H2,23,24,25);1H. The number of aliphatic imine (C=N–C) groups is 1. The molecule has 152 valence electrons. The Morgan fingerprint density at radius 1 is 1.07 bits per heavy atom. The van der Waals surface area contributed by atoms with Crippen molar-refractivity contribution in [2.45, 2.75) is 32.7 Å². The quantitative estimate of drug-likeness (QED) is 0.274. The van der Waals surface area contributed by atoms with Crippen LogP contribution in [0.2, 0.25) is 5.02 Å². The van der Waals surface area contributed by atoms with Gasteiger partial charge in [0.1, 0.15) is 0 Å². The van der Waals surface area contributed by atoms with Crippen LogP contribution in [0.1, 0.15) is 30.9 Å². The van der Waals surface area contributed by atoms with Gasteiger partial charge in [0.25, 0.3) is 0 Å². The van der Waals surface area contributed by atoms with Gasteiger partial charge in [-0.3, -0.25) is 9.79 Å². The van der Waals surface area contributed by atoms with Crippen molar-refractivity contribution in [2.24, 2.45) is 4.99 Å². The minimum absolute atomic E-state index is 0.